The molecule has 1 heterocycles. The summed E-state index contributed by atoms with van der Waals surface area (Å²) in [4.78, 5) is 12.2. The fraction of sp³-hybridized carbons (Fsp3) is 0.350. The van der Waals surface area contributed by atoms with Gasteiger partial charge < -0.3 is 24.3 Å². The number of hydrogen-bond donors (Lipinski definition) is 1. The number of amides is 1. The van der Waals surface area contributed by atoms with E-state index in [0.29, 0.717) is 37.1 Å². The minimum absolute atomic E-state index is 0.0843. The number of para-hydroxylation sites is 2. The van der Waals surface area contributed by atoms with E-state index in [1.54, 1.807) is 6.07 Å². The summed E-state index contributed by atoms with van der Waals surface area (Å²) in [6.07, 6.45) is 0. The third-order valence-electron chi connectivity index (χ3n) is 3.95. The second-order valence-corrected chi connectivity index (χ2v) is 5.86. The minimum Gasteiger partial charge on any atom is -0.490 e. The third-order valence-corrected chi connectivity index (χ3v) is 3.95. The SMILES string of the molecule is CCOc1ccccc1OCC(=O)N[C@@H](C)c1ccc2c(c1)OCCO2. The Morgan fingerprint density at radius 3 is 2.50 bits per heavy atom. The molecule has 1 amide bonds. The fourth-order valence-corrected chi connectivity index (χ4v) is 2.68. The zero-order valence-electron chi connectivity index (χ0n) is 15.0. The van der Waals surface area contributed by atoms with Crippen molar-refractivity contribution in [2.45, 2.75) is 19.9 Å². The monoisotopic (exact) mass is 357 g/mol. The molecule has 0 unspecified atom stereocenters. The molecule has 0 spiro atoms. The Bertz CT molecular complexity index is 762. The third kappa shape index (κ3) is 4.39. The molecule has 1 aliphatic rings. The van der Waals surface area contributed by atoms with Gasteiger partial charge in [-0.1, -0.05) is 18.2 Å². The van der Waals surface area contributed by atoms with Crippen LogP contribution in [0.4, 0.5) is 0 Å². The fourth-order valence-electron chi connectivity index (χ4n) is 2.68. The van der Waals surface area contributed by atoms with Crippen molar-refractivity contribution < 1.29 is 23.7 Å². The number of carbonyl (C=O) groups is 1. The molecular weight excluding hydrogens is 334 g/mol. The number of benzene rings is 2. The van der Waals surface area contributed by atoms with Crippen molar-refractivity contribution in [2.24, 2.45) is 0 Å². The molecule has 2 aromatic rings. The highest BCUT2D eigenvalue weighted by Gasteiger charge is 2.16. The molecule has 0 bridgehead atoms. The highest BCUT2D eigenvalue weighted by molar-refractivity contribution is 5.78. The summed E-state index contributed by atoms with van der Waals surface area (Å²) in [6, 6.07) is 12.8. The molecule has 1 atom stereocenters. The summed E-state index contributed by atoms with van der Waals surface area (Å²) >= 11 is 0. The predicted molar refractivity (Wildman–Crippen MR) is 97.1 cm³/mol. The Morgan fingerprint density at radius 2 is 1.77 bits per heavy atom. The molecule has 2 aromatic carbocycles. The van der Waals surface area contributed by atoms with E-state index in [9.17, 15) is 4.79 Å². The van der Waals surface area contributed by atoms with Gasteiger partial charge in [-0.3, -0.25) is 4.79 Å². The van der Waals surface area contributed by atoms with Crippen LogP contribution in [0.5, 0.6) is 23.0 Å². The first-order chi connectivity index (χ1) is 12.7. The van der Waals surface area contributed by atoms with Crippen LogP contribution in [0.15, 0.2) is 42.5 Å². The summed E-state index contributed by atoms with van der Waals surface area (Å²) in [7, 11) is 0. The van der Waals surface area contributed by atoms with Gasteiger partial charge in [-0.05, 0) is 43.7 Å². The lowest BCUT2D eigenvalue weighted by molar-refractivity contribution is -0.123. The van der Waals surface area contributed by atoms with Crippen molar-refractivity contribution >= 4 is 5.91 Å². The van der Waals surface area contributed by atoms with Crippen LogP contribution in [-0.2, 0) is 4.79 Å². The zero-order chi connectivity index (χ0) is 18.4. The second kappa shape index (κ2) is 8.47. The average Bonchev–Trinajstić information content (AvgIpc) is 2.67. The Hall–Kier alpha value is -2.89. The van der Waals surface area contributed by atoms with Gasteiger partial charge in [-0.25, -0.2) is 0 Å². The van der Waals surface area contributed by atoms with Crippen molar-refractivity contribution in [2.75, 3.05) is 26.4 Å². The van der Waals surface area contributed by atoms with E-state index >= 15 is 0 Å². The number of rotatable bonds is 7. The molecule has 1 N–H and O–H groups in total. The van der Waals surface area contributed by atoms with Gasteiger partial charge in [-0.2, -0.15) is 0 Å². The van der Waals surface area contributed by atoms with Crippen molar-refractivity contribution in [1.29, 1.82) is 0 Å². The van der Waals surface area contributed by atoms with Crippen LogP contribution in [0.1, 0.15) is 25.5 Å². The molecule has 0 saturated carbocycles. The topological polar surface area (TPSA) is 66.0 Å². The molecule has 1 aliphatic heterocycles. The zero-order valence-corrected chi connectivity index (χ0v) is 15.0. The van der Waals surface area contributed by atoms with E-state index in [2.05, 4.69) is 5.32 Å². The molecular formula is C20H23NO5. The molecule has 0 saturated heterocycles. The van der Waals surface area contributed by atoms with Gasteiger partial charge in [0.1, 0.15) is 13.2 Å². The van der Waals surface area contributed by atoms with Gasteiger partial charge in [0, 0.05) is 0 Å². The predicted octanol–water partition coefficient (Wildman–Crippen LogP) is 3.11. The lowest BCUT2D eigenvalue weighted by atomic mass is 10.1. The lowest BCUT2D eigenvalue weighted by Crippen LogP contribution is -2.31. The van der Waals surface area contributed by atoms with Crippen LogP contribution in [0.3, 0.4) is 0 Å². The van der Waals surface area contributed by atoms with E-state index < -0.39 is 0 Å². The number of fused-ring (bicyclic) bond motifs is 1. The molecule has 0 fully saturated rings. The van der Waals surface area contributed by atoms with Crippen LogP contribution in [0.2, 0.25) is 0 Å². The highest BCUT2D eigenvalue weighted by Crippen LogP contribution is 2.32. The summed E-state index contributed by atoms with van der Waals surface area (Å²) in [6.45, 7) is 5.35. The first kappa shape index (κ1) is 17.9. The molecule has 26 heavy (non-hydrogen) atoms. The standard InChI is InChI=1S/C20H23NO5/c1-3-23-16-6-4-5-7-17(16)26-13-20(22)21-14(2)15-8-9-18-19(12-15)25-11-10-24-18/h4-9,12,14H,3,10-11,13H2,1-2H3,(H,21,22)/t14-/m0/s1. The number of hydrogen-bond acceptors (Lipinski definition) is 5. The Morgan fingerprint density at radius 1 is 1.08 bits per heavy atom. The van der Waals surface area contributed by atoms with Gasteiger partial charge in [0.2, 0.25) is 0 Å². The maximum absolute atomic E-state index is 12.2. The normalized spacial score (nSPS) is 13.6. The first-order valence-corrected chi connectivity index (χ1v) is 8.71. The minimum atomic E-state index is -0.210. The molecule has 6 heteroatoms. The van der Waals surface area contributed by atoms with Crippen molar-refractivity contribution in [3.05, 3.63) is 48.0 Å². The van der Waals surface area contributed by atoms with Crippen LogP contribution in [-0.4, -0.2) is 32.3 Å². The maximum Gasteiger partial charge on any atom is 0.258 e. The number of carbonyl (C=O) groups excluding carboxylic acids is 1. The Kier molecular flexibility index (Phi) is 5.84. The van der Waals surface area contributed by atoms with E-state index in [1.165, 1.54) is 0 Å². The smallest absolute Gasteiger partial charge is 0.258 e. The van der Waals surface area contributed by atoms with Crippen LogP contribution in [0.25, 0.3) is 0 Å². The van der Waals surface area contributed by atoms with Gasteiger partial charge in [-0.15, -0.1) is 0 Å². The highest BCUT2D eigenvalue weighted by atomic mass is 16.6. The van der Waals surface area contributed by atoms with E-state index in [0.717, 1.165) is 11.3 Å². The van der Waals surface area contributed by atoms with E-state index in [-0.39, 0.29) is 18.6 Å². The molecule has 0 radical (unpaired) electrons. The summed E-state index contributed by atoms with van der Waals surface area (Å²) in [5.41, 5.74) is 0.942. The molecule has 3 rings (SSSR count). The van der Waals surface area contributed by atoms with Crippen molar-refractivity contribution in [1.82, 2.24) is 5.32 Å². The lowest BCUT2D eigenvalue weighted by Gasteiger charge is -2.21. The van der Waals surface area contributed by atoms with Gasteiger partial charge in [0.05, 0.1) is 12.6 Å². The quantitative estimate of drug-likeness (QED) is 0.825. The van der Waals surface area contributed by atoms with E-state index in [1.807, 2.05) is 50.2 Å². The maximum atomic E-state index is 12.2. The average molecular weight is 357 g/mol. The van der Waals surface area contributed by atoms with Crippen molar-refractivity contribution in [3.63, 3.8) is 0 Å². The summed E-state index contributed by atoms with van der Waals surface area (Å²) in [5.74, 6) is 2.41. The first-order valence-electron chi connectivity index (χ1n) is 8.71. The number of nitrogens with one attached hydrogen (secondary N) is 1. The second-order valence-electron chi connectivity index (χ2n) is 5.86. The summed E-state index contributed by atoms with van der Waals surface area (Å²) < 4.78 is 22.2. The van der Waals surface area contributed by atoms with Crippen LogP contribution >= 0.6 is 0 Å². The molecule has 6 nitrogen and oxygen atoms in total. The van der Waals surface area contributed by atoms with Crippen LogP contribution < -0.4 is 24.3 Å². The molecule has 0 aliphatic carbocycles. The Labute approximate surface area is 153 Å². The van der Waals surface area contributed by atoms with E-state index in [4.69, 9.17) is 18.9 Å². The Balaban J connectivity index is 1.56. The van der Waals surface area contributed by atoms with Gasteiger partial charge in [0.25, 0.3) is 5.91 Å². The molecule has 0 aromatic heterocycles. The van der Waals surface area contributed by atoms with Gasteiger partial charge >= 0.3 is 0 Å². The van der Waals surface area contributed by atoms with Gasteiger partial charge in [0.15, 0.2) is 29.6 Å². The van der Waals surface area contributed by atoms with Crippen LogP contribution in [0, 0.1) is 0 Å². The van der Waals surface area contributed by atoms with Crippen molar-refractivity contribution in [3.8, 4) is 23.0 Å². The molecule has 138 valence electrons. The largest absolute Gasteiger partial charge is 0.490 e. The number of ether oxygens (including phenoxy) is 4. The summed E-state index contributed by atoms with van der Waals surface area (Å²) in [5, 5.41) is 2.92.